The van der Waals surface area contributed by atoms with Crippen molar-refractivity contribution in [2.24, 2.45) is 0 Å². The molecule has 0 bridgehead atoms. The number of fused-ring (bicyclic) bond motifs is 1. The van der Waals surface area contributed by atoms with Crippen molar-refractivity contribution in [3.8, 4) is 0 Å². The first-order chi connectivity index (χ1) is 9.49. The molecule has 2 N–H and O–H groups in total. The minimum atomic E-state index is -0.354. The maximum atomic E-state index is 12.5. The van der Waals surface area contributed by atoms with E-state index in [9.17, 15) is 9.59 Å². The predicted octanol–water partition coefficient (Wildman–Crippen LogP) is 2.69. The standard InChI is InChI=1S/C16H14N2O2/c1-9-6-10(2)8-11(7-9)18-15(19)12-4-3-5-13(17)14(12)16(18)20/h3-8H,17H2,1-2H3. The number of nitrogens with two attached hydrogens (primary N) is 1. The van der Waals surface area contributed by atoms with Gasteiger partial charge in [0.1, 0.15) is 0 Å². The first-order valence-corrected chi connectivity index (χ1v) is 6.34. The van der Waals surface area contributed by atoms with Gasteiger partial charge in [0.25, 0.3) is 11.8 Å². The number of anilines is 2. The molecule has 100 valence electrons. The zero-order chi connectivity index (χ0) is 14.4. The fraction of sp³-hybridized carbons (Fsp3) is 0.125. The molecular weight excluding hydrogens is 252 g/mol. The Balaban J connectivity index is 2.17. The van der Waals surface area contributed by atoms with E-state index in [1.807, 2.05) is 32.0 Å². The van der Waals surface area contributed by atoms with Crippen molar-refractivity contribution in [2.45, 2.75) is 13.8 Å². The summed E-state index contributed by atoms with van der Waals surface area (Å²) in [5.74, 6) is -0.671. The largest absolute Gasteiger partial charge is 0.398 e. The van der Waals surface area contributed by atoms with E-state index >= 15 is 0 Å². The molecule has 3 rings (SSSR count). The number of aryl methyl sites for hydroxylation is 2. The Bertz CT molecular complexity index is 730. The van der Waals surface area contributed by atoms with Crippen LogP contribution in [-0.2, 0) is 0 Å². The van der Waals surface area contributed by atoms with Gasteiger partial charge in [-0.3, -0.25) is 9.59 Å². The van der Waals surface area contributed by atoms with Gasteiger partial charge in [-0.1, -0.05) is 12.1 Å². The molecule has 4 nitrogen and oxygen atoms in total. The molecule has 0 unspecified atom stereocenters. The number of nitrogen functional groups attached to an aromatic ring is 1. The van der Waals surface area contributed by atoms with Gasteiger partial charge in [0.15, 0.2) is 0 Å². The fourth-order valence-electron chi connectivity index (χ4n) is 2.63. The third kappa shape index (κ3) is 1.69. The molecule has 0 aliphatic carbocycles. The monoisotopic (exact) mass is 266 g/mol. The van der Waals surface area contributed by atoms with Crippen LogP contribution in [0.2, 0.25) is 0 Å². The van der Waals surface area contributed by atoms with Crippen molar-refractivity contribution in [3.05, 3.63) is 58.7 Å². The highest BCUT2D eigenvalue weighted by Crippen LogP contribution is 2.32. The van der Waals surface area contributed by atoms with Gasteiger partial charge in [-0.25, -0.2) is 4.90 Å². The predicted molar refractivity (Wildman–Crippen MR) is 77.9 cm³/mol. The lowest BCUT2D eigenvalue weighted by molar-refractivity contribution is 0.0926. The van der Waals surface area contributed by atoms with Crippen molar-refractivity contribution in [2.75, 3.05) is 10.6 Å². The van der Waals surface area contributed by atoms with Gasteiger partial charge in [-0.05, 0) is 49.2 Å². The minimum Gasteiger partial charge on any atom is -0.398 e. The second-order valence-electron chi connectivity index (χ2n) is 5.06. The highest BCUT2D eigenvalue weighted by molar-refractivity contribution is 6.36. The van der Waals surface area contributed by atoms with Crippen LogP contribution < -0.4 is 10.6 Å². The van der Waals surface area contributed by atoms with Crippen molar-refractivity contribution in [3.63, 3.8) is 0 Å². The molecule has 0 aromatic heterocycles. The van der Waals surface area contributed by atoms with E-state index in [0.29, 0.717) is 22.5 Å². The van der Waals surface area contributed by atoms with E-state index in [0.717, 1.165) is 11.1 Å². The Morgan fingerprint density at radius 3 is 2.20 bits per heavy atom. The number of amides is 2. The summed E-state index contributed by atoms with van der Waals surface area (Å²) in [5.41, 5.74) is 9.44. The molecule has 0 fully saturated rings. The van der Waals surface area contributed by atoms with Gasteiger partial charge >= 0.3 is 0 Å². The van der Waals surface area contributed by atoms with Crippen LogP contribution in [0.25, 0.3) is 0 Å². The van der Waals surface area contributed by atoms with E-state index in [4.69, 9.17) is 5.73 Å². The molecular formula is C16H14N2O2. The number of benzene rings is 2. The summed E-state index contributed by atoms with van der Waals surface area (Å²) in [5, 5.41) is 0. The van der Waals surface area contributed by atoms with Crippen LogP contribution >= 0.6 is 0 Å². The van der Waals surface area contributed by atoms with Gasteiger partial charge in [0, 0.05) is 5.69 Å². The summed E-state index contributed by atoms with van der Waals surface area (Å²) in [7, 11) is 0. The number of rotatable bonds is 1. The zero-order valence-electron chi connectivity index (χ0n) is 11.3. The van der Waals surface area contributed by atoms with Crippen molar-refractivity contribution >= 4 is 23.2 Å². The van der Waals surface area contributed by atoms with Crippen LogP contribution in [0.5, 0.6) is 0 Å². The minimum absolute atomic E-state index is 0.302. The van der Waals surface area contributed by atoms with Gasteiger partial charge < -0.3 is 5.73 Å². The quantitative estimate of drug-likeness (QED) is 0.637. The molecule has 4 heteroatoms. The van der Waals surface area contributed by atoms with Gasteiger partial charge in [0.05, 0.1) is 16.8 Å². The highest BCUT2D eigenvalue weighted by atomic mass is 16.2. The third-order valence-corrected chi connectivity index (χ3v) is 3.41. The van der Waals surface area contributed by atoms with Crippen molar-refractivity contribution < 1.29 is 9.59 Å². The molecule has 0 saturated carbocycles. The average molecular weight is 266 g/mol. The number of imide groups is 1. The van der Waals surface area contributed by atoms with Crippen molar-refractivity contribution in [1.82, 2.24) is 0 Å². The van der Waals surface area contributed by atoms with Crippen LogP contribution in [-0.4, -0.2) is 11.8 Å². The molecule has 1 aliphatic heterocycles. The van der Waals surface area contributed by atoms with E-state index < -0.39 is 0 Å². The number of hydrogen-bond acceptors (Lipinski definition) is 3. The molecule has 0 saturated heterocycles. The van der Waals surface area contributed by atoms with Crippen LogP contribution in [0.15, 0.2) is 36.4 Å². The van der Waals surface area contributed by atoms with E-state index in [1.54, 1.807) is 18.2 Å². The molecule has 2 aromatic rings. The molecule has 2 aromatic carbocycles. The second-order valence-corrected chi connectivity index (χ2v) is 5.06. The van der Waals surface area contributed by atoms with Crippen LogP contribution in [0, 0.1) is 13.8 Å². The number of nitrogens with zero attached hydrogens (tertiary/aromatic N) is 1. The molecule has 0 radical (unpaired) electrons. The Labute approximate surface area is 116 Å². The summed E-state index contributed by atoms with van der Waals surface area (Å²) >= 11 is 0. The van der Waals surface area contributed by atoms with E-state index in [1.165, 1.54) is 4.90 Å². The van der Waals surface area contributed by atoms with E-state index in [2.05, 4.69) is 0 Å². The summed E-state index contributed by atoms with van der Waals surface area (Å²) in [4.78, 5) is 26.1. The molecule has 0 atom stereocenters. The molecule has 0 spiro atoms. The lowest BCUT2D eigenvalue weighted by Crippen LogP contribution is -2.29. The van der Waals surface area contributed by atoms with Crippen LogP contribution in [0.3, 0.4) is 0 Å². The number of hydrogen-bond donors (Lipinski definition) is 1. The summed E-state index contributed by atoms with van der Waals surface area (Å²) in [6.45, 7) is 3.87. The summed E-state index contributed by atoms with van der Waals surface area (Å²) in [6, 6.07) is 10.6. The van der Waals surface area contributed by atoms with Crippen LogP contribution in [0.4, 0.5) is 11.4 Å². The summed E-state index contributed by atoms with van der Waals surface area (Å²) in [6.07, 6.45) is 0. The zero-order valence-corrected chi connectivity index (χ0v) is 11.3. The maximum absolute atomic E-state index is 12.5. The number of carbonyl (C=O) groups is 2. The SMILES string of the molecule is Cc1cc(C)cc(N2C(=O)c3cccc(N)c3C2=O)c1. The first kappa shape index (κ1) is 12.4. The van der Waals surface area contributed by atoms with E-state index in [-0.39, 0.29) is 11.8 Å². The van der Waals surface area contributed by atoms with Crippen LogP contribution in [0.1, 0.15) is 31.8 Å². The number of carbonyl (C=O) groups excluding carboxylic acids is 2. The molecule has 1 heterocycles. The Hall–Kier alpha value is -2.62. The topological polar surface area (TPSA) is 63.4 Å². The fourth-order valence-corrected chi connectivity index (χ4v) is 2.63. The lowest BCUT2D eigenvalue weighted by Gasteiger charge is -2.15. The Morgan fingerprint density at radius 2 is 1.60 bits per heavy atom. The van der Waals surface area contributed by atoms with Gasteiger partial charge in [0.2, 0.25) is 0 Å². The lowest BCUT2D eigenvalue weighted by atomic mass is 10.1. The first-order valence-electron chi connectivity index (χ1n) is 6.34. The maximum Gasteiger partial charge on any atom is 0.268 e. The molecule has 1 aliphatic rings. The van der Waals surface area contributed by atoms with Gasteiger partial charge in [-0.2, -0.15) is 0 Å². The molecule has 20 heavy (non-hydrogen) atoms. The normalized spacial score (nSPS) is 13.8. The highest BCUT2D eigenvalue weighted by Gasteiger charge is 2.38. The second kappa shape index (κ2) is 4.20. The Morgan fingerprint density at radius 1 is 0.950 bits per heavy atom. The van der Waals surface area contributed by atoms with Gasteiger partial charge in [-0.15, -0.1) is 0 Å². The summed E-state index contributed by atoms with van der Waals surface area (Å²) < 4.78 is 0. The molecule has 2 amide bonds. The Kier molecular flexibility index (Phi) is 2.61. The smallest absolute Gasteiger partial charge is 0.268 e. The third-order valence-electron chi connectivity index (χ3n) is 3.41. The van der Waals surface area contributed by atoms with Crippen molar-refractivity contribution in [1.29, 1.82) is 0 Å². The average Bonchev–Trinajstić information content (AvgIpc) is 2.61.